The molecule has 4 rings (SSSR count). The van der Waals surface area contributed by atoms with Gasteiger partial charge in [-0.2, -0.15) is 0 Å². The Morgan fingerprint density at radius 3 is 2.57 bits per heavy atom. The summed E-state index contributed by atoms with van der Waals surface area (Å²) >= 11 is 0. The molecule has 30 heavy (non-hydrogen) atoms. The molecule has 0 saturated carbocycles. The molecule has 0 radical (unpaired) electrons. The summed E-state index contributed by atoms with van der Waals surface area (Å²) in [5.74, 6) is 1.000. The number of likely N-dealkylation sites (tertiary alicyclic amines) is 1. The van der Waals surface area contributed by atoms with E-state index in [0.717, 1.165) is 18.4 Å². The zero-order valence-electron chi connectivity index (χ0n) is 16.4. The van der Waals surface area contributed by atoms with Crippen molar-refractivity contribution in [3.63, 3.8) is 0 Å². The highest BCUT2D eigenvalue weighted by Crippen LogP contribution is 2.25. The molecule has 1 fully saturated rings. The lowest BCUT2D eigenvalue weighted by Crippen LogP contribution is -2.39. The molecule has 152 valence electrons. The van der Waals surface area contributed by atoms with E-state index in [1.165, 1.54) is 17.7 Å². The van der Waals surface area contributed by atoms with E-state index in [4.69, 9.17) is 4.74 Å². The van der Waals surface area contributed by atoms with Crippen LogP contribution in [0, 0.1) is 5.82 Å². The number of carbonyl (C=O) groups excluding carboxylic acids is 1. The van der Waals surface area contributed by atoms with E-state index in [1.54, 1.807) is 30.6 Å². The van der Waals surface area contributed by atoms with Crippen LogP contribution in [0.3, 0.4) is 0 Å². The van der Waals surface area contributed by atoms with Gasteiger partial charge in [0.2, 0.25) is 0 Å². The lowest BCUT2D eigenvalue weighted by molar-refractivity contribution is 0.208. The van der Waals surface area contributed by atoms with Crippen LogP contribution in [0.5, 0.6) is 11.5 Å². The summed E-state index contributed by atoms with van der Waals surface area (Å²) in [6.07, 6.45) is 7.10. The predicted octanol–water partition coefficient (Wildman–Crippen LogP) is 5.72. The maximum atomic E-state index is 13.0. The monoisotopic (exact) mass is 403 g/mol. The average Bonchev–Trinajstić information content (AvgIpc) is 2.77. The number of amides is 2. The van der Waals surface area contributed by atoms with Crippen LogP contribution in [0.15, 0.2) is 78.6 Å². The number of aromatic nitrogens is 1. The first-order chi connectivity index (χ1) is 14.7. The van der Waals surface area contributed by atoms with Gasteiger partial charge in [-0.1, -0.05) is 23.8 Å². The Labute approximate surface area is 174 Å². The first-order valence-electron chi connectivity index (χ1n) is 9.85. The van der Waals surface area contributed by atoms with Gasteiger partial charge in [-0.3, -0.25) is 4.98 Å². The molecule has 0 unspecified atom stereocenters. The largest absolute Gasteiger partial charge is 0.457 e. The fourth-order valence-electron chi connectivity index (χ4n) is 3.32. The molecule has 6 heteroatoms. The molecule has 3 aromatic rings. The first kappa shape index (κ1) is 19.6. The number of hydrogen-bond acceptors (Lipinski definition) is 3. The smallest absolute Gasteiger partial charge is 0.321 e. The standard InChI is InChI=1S/C24H22FN3O2/c25-20-6-8-22(9-7-20)30-23-5-1-3-19(16-23)15-18-10-13-28(14-11-18)24(29)27-21-4-2-12-26-17-21/h1-9,12,15-17H,10-11,13-14H2,(H,27,29). The molecule has 1 saturated heterocycles. The van der Waals surface area contributed by atoms with Crippen molar-refractivity contribution >= 4 is 17.8 Å². The van der Waals surface area contributed by atoms with Gasteiger partial charge in [-0.05, 0) is 66.9 Å². The summed E-state index contributed by atoms with van der Waals surface area (Å²) in [5, 5.41) is 2.88. The van der Waals surface area contributed by atoms with Crippen molar-refractivity contribution in [2.24, 2.45) is 0 Å². The molecule has 1 aliphatic rings. The fourth-order valence-corrected chi connectivity index (χ4v) is 3.32. The van der Waals surface area contributed by atoms with Crippen LogP contribution in [0.25, 0.3) is 6.08 Å². The van der Waals surface area contributed by atoms with Crippen LogP contribution in [-0.4, -0.2) is 29.0 Å². The minimum Gasteiger partial charge on any atom is -0.457 e. The number of urea groups is 1. The minimum absolute atomic E-state index is 0.100. The summed E-state index contributed by atoms with van der Waals surface area (Å²) in [6.45, 7) is 1.34. The Morgan fingerprint density at radius 1 is 1.03 bits per heavy atom. The first-order valence-corrected chi connectivity index (χ1v) is 9.85. The molecule has 5 nitrogen and oxygen atoms in total. The van der Waals surface area contributed by atoms with Crippen molar-refractivity contribution in [2.45, 2.75) is 12.8 Å². The van der Waals surface area contributed by atoms with Gasteiger partial charge in [0.15, 0.2) is 0 Å². The molecule has 0 bridgehead atoms. The number of benzene rings is 2. The summed E-state index contributed by atoms with van der Waals surface area (Å²) in [4.78, 5) is 18.2. The highest BCUT2D eigenvalue weighted by atomic mass is 19.1. The van der Waals surface area contributed by atoms with Crippen molar-refractivity contribution < 1.29 is 13.9 Å². The van der Waals surface area contributed by atoms with E-state index in [-0.39, 0.29) is 11.8 Å². The Hall–Kier alpha value is -3.67. The van der Waals surface area contributed by atoms with Crippen LogP contribution >= 0.6 is 0 Å². The van der Waals surface area contributed by atoms with Gasteiger partial charge in [0.05, 0.1) is 11.9 Å². The van der Waals surface area contributed by atoms with Gasteiger partial charge in [0.25, 0.3) is 0 Å². The van der Waals surface area contributed by atoms with E-state index >= 15 is 0 Å². The van der Waals surface area contributed by atoms with Crippen molar-refractivity contribution in [1.82, 2.24) is 9.88 Å². The van der Waals surface area contributed by atoms with Crippen molar-refractivity contribution in [1.29, 1.82) is 0 Å². The van der Waals surface area contributed by atoms with E-state index < -0.39 is 0 Å². The SMILES string of the molecule is O=C(Nc1cccnc1)N1CCC(=Cc2cccc(Oc3ccc(F)cc3)c2)CC1. The molecule has 1 aliphatic heterocycles. The molecule has 1 aromatic heterocycles. The zero-order valence-corrected chi connectivity index (χ0v) is 16.4. The summed E-state index contributed by atoms with van der Waals surface area (Å²) in [7, 11) is 0. The van der Waals surface area contributed by atoms with Crippen LogP contribution < -0.4 is 10.1 Å². The number of piperidine rings is 1. The number of ether oxygens (including phenoxy) is 1. The normalized spacial score (nSPS) is 13.6. The molecule has 1 N–H and O–H groups in total. The van der Waals surface area contributed by atoms with Crippen molar-refractivity contribution in [3.05, 3.63) is 90.0 Å². The molecule has 2 amide bonds. The second kappa shape index (κ2) is 9.22. The average molecular weight is 403 g/mol. The number of hydrogen-bond donors (Lipinski definition) is 1. The lowest BCUT2D eigenvalue weighted by atomic mass is 10.0. The van der Waals surface area contributed by atoms with Crippen molar-refractivity contribution in [2.75, 3.05) is 18.4 Å². The van der Waals surface area contributed by atoms with E-state index in [1.807, 2.05) is 35.2 Å². The molecule has 0 spiro atoms. The number of pyridine rings is 1. The predicted molar refractivity (Wildman–Crippen MR) is 115 cm³/mol. The molecule has 2 aromatic carbocycles. The van der Waals surface area contributed by atoms with Crippen molar-refractivity contribution in [3.8, 4) is 11.5 Å². The Balaban J connectivity index is 1.35. The van der Waals surface area contributed by atoms with Gasteiger partial charge < -0.3 is 15.0 Å². The molecule has 0 aliphatic carbocycles. The molecule has 2 heterocycles. The van der Waals surface area contributed by atoms with Crippen LogP contribution in [0.2, 0.25) is 0 Å². The second-order valence-electron chi connectivity index (χ2n) is 7.09. The molecule has 0 atom stereocenters. The number of nitrogens with zero attached hydrogens (tertiary/aromatic N) is 2. The number of halogens is 1. The zero-order chi connectivity index (χ0) is 20.8. The summed E-state index contributed by atoms with van der Waals surface area (Å²) in [5.41, 5.74) is 3.03. The van der Waals surface area contributed by atoms with Gasteiger partial charge in [-0.15, -0.1) is 0 Å². The Kier molecular flexibility index (Phi) is 6.03. The number of anilines is 1. The van der Waals surface area contributed by atoms with Crippen LogP contribution in [-0.2, 0) is 0 Å². The van der Waals surface area contributed by atoms with Crippen LogP contribution in [0.1, 0.15) is 18.4 Å². The third-order valence-corrected chi connectivity index (χ3v) is 4.88. The van der Waals surface area contributed by atoms with Gasteiger partial charge >= 0.3 is 6.03 Å². The summed E-state index contributed by atoms with van der Waals surface area (Å²) < 4.78 is 18.8. The quantitative estimate of drug-likeness (QED) is 0.606. The van der Waals surface area contributed by atoms with Crippen LogP contribution in [0.4, 0.5) is 14.9 Å². The highest BCUT2D eigenvalue weighted by molar-refractivity contribution is 5.89. The Bertz CT molecular complexity index is 1030. The summed E-state index contributed by atoms with van der Waals surface area (Å²) in [6, 6.07) is 17.2. The lowest BCUT2D eigenvalue weighted by Gasteiger charge is -2.28. The van der Waals surface area contributed by atoms with E-state index in [2.05, 4.69) is 16.4 Å². The van der Waals surface area contributed by atoms with E-state index in [9.17, 15) is 9.18 Å². The highest BCUT2D eigenvalue weighted by Gasteiger charge is 2.19. The molecular weight excluding hydrogens is 381 g/mol. The number of carbonyl (C=O) groups is 1. The van der Waals surface area contributed by atoms with Gasteiger partial charge in [-0.25, -0.2) is 9.18 Å². The van der Waals surface area contributed by atoms with E-state index in [0.29, 0.717) is 30.3 Å². The fraction of sp³-hybridized carbons (Fsp3) is 0.167. The number of nitrogens with one attached hydrogen (secondary N) is 1. The molecular formula is C24H22FN3O2. The third kappa shape index (κ3) is 5.23. The second-order valence-corrected chi connectivity index (χ2v) is 7.09. The maximum Gasteiger partial charge on any atom is 0.321 e. The topological polar surface area (TPSA) is 54.5 Å². The third-order valence-electron chi connectivity index (χ3n) is 4.88. The van der Waals surface area contributed by atoms with Gasteiger partial charge in [0.1, 0.15) is 17.3 Å². The maximum absolute atomic E-state index is 13.0. The number of rotatable bonds is 4. The van der Waals surface area contributed by atoms with Gasteiger partial charge in [0, 0.05) is 19.3 Å². The minimum atomic E-state index is -0.290. The Morgan fingerprint density at radius 2 is 1.83 bits per heavy atom.